The van der Waals surface area contributed by atoms with Crippen molar-refractivity contribution in [1.29, 1.82) is 0 Å². The molecule has 3 rings (SSSR count). The van der Waals surface area contributed by atoms with Gasteiger partial charge in [0.15, 0.2) is 6.61 Å². The number of amides is 2. The number of nitrogens with one attached hydrogen (secondary N) is 2. The molecule has 0 bridgehead atoms. The zero-order chi connectivity index (χ0) is 16.4. The van der Waals surface area contributed by atoms with Crippen molar-refractivity contribution in [3.63, 3.8) is 0 Å². The lowest BCUT2D eigenvalue weighted by Crippen LogP contribution is -2.25. The third kappa shape index (κ3) is 3.62. The van der Waals surface area contributed by atoms with Gasteiger partial charge in [0, 0.05) is 25.7 Å². The molecule has 0 aliphatic carbocycles. The maximum absolute atomic E-state index is 12.1. The zero-order valence-electron chi connectivity index (χ0n) is 12.4. The van der Waals surface area contributed by atoms with E-state index in [4.69, 9.17) is 16.3 Å². The lowest BCUT2D eigenvalue weighted by molar-refractivity contribution is -0.118. The van der Waals surface area contributed by atoms with Crippen molar-refractivity contribution >= 4 is 34.8 Å². The van der Waals surface area contributed by atoms with Gasteiger partial charge in [-0.15, -0.1) is 0 Å². The van der Waals surface area contributed by atoms with Gasteiger partial charge in [-0.2, -0.15) is 5.10 Å². The van der Waals surface area contributed by atoms with Gasteiger partial charge in [0.1, 0.15) is 5.75 Å². The van der Waals surface area contributed by atoms with Crippen LogP contribution in [0, 0.1) is 0 Å². The van der Waals surface area contributed by atoms with Gasteiger partial charge in [-0.05, 0) is 18.1 Å². The van der Waals surface area contributed by atoms with E-state index in [1.54, 1.807) is 23.0 Å². The van der Waals surface area contributed by atoms with Crippen LogP contribution >= 0.6 is 11.6 Å². The molecular formula is C15H15ClN4O3. The average Bonchev–Trinajstić information content (AvgIpc) is 2.92. The summed E-state index contributed by atoms with van der Waals surface area (Å²) >= 11 is 6.14. The fraction of sp³-hybridized carbons (Fsp3) is 0.267. The van der Waals surface area contributed by atoms with Crippen LogP contribution in [-0.2, 0) is 23.1 Å². The Morgan fingerprint density at radius 1 is 1.52 bits per heavy atom. The van der Waals surface area contributed by atoms with E-state index < -0.39 is 0 Å². The number of benzene rings is 1. The largest absolute Gasteiger partial charge is 0.482 e. The Hall–Kier alpha value is -2.54. The Balaban J connectivity index is 1.65. The van der Waals surface area contributed by atoms with Crippen LogP contribution in [0.2, 0.25) is 5.02 Å². The molecule has 1 aliphatic rings. The van der Waals surface area contributed by atoms with Gasteiger partial charge in [-0.25, -0.2) is 0 Å². The van der Waals surface area contributed by atoms with Crippen LogP contribution in [0.25, 0.3) is 0 Å². The first-order valence-corrected chi connectivity index (χ1v) is 7.42. The standard InChI is InChI=1S/C15H15ClN4O3/c1-20-7-9(6-17-20)2-3-14(21)18-11-5-13-12(4-10(11)16)19-15(22)8-23-13/h4-7H,2-3,8H2,1H3,(H,18,21)(H,19,22). The lowest BCUT2D eigenvalue weighted by Gasteiger charge is -2.19. The predicted molar refractivity (Wildman–Crippen MR) is 85.7 cm³/mol. The number of anilines is 2. The van der Waals surface area contributed by atoms with Gasteiger partial charge in [-0.1, -0.05) is 11.6 Å². The Labute approximate surface area is 137 Å². The molecule has 0 spiro atoms. The first-order valence-electron chi connectivity index (χ1n) is 7.05. The molecule has 23 heavy (non-hydrogen) atoms. The van der Waals surface area contributed by atoms with Crippen molar-refractivity contribution in [2.45, 2.75) is 12.8 Å². The smallest absolute Gasteiger partial charge is 0.262 e. The first kappa shape index (κ1) is 15.4. The summed E-state index contributed by atoms with van der Waals surface area (Å²) in [5, 5.41) is 9.81. The molecule has 0 atom stereocenters. The van der Waals surface area contributed by atoms with Crippen LogP contribution in [-0.4, -0.2) is 28.2 Å². The van der Waals surface area contributed by atoms with Gasteiger partial charge >= 0.3 is 0 Å². The van der Waals surface area contributed by atoms with Crippen molar-refractivity contribution in [2.75, 3.05) is 17.2 Å². The number of carbonyl (C=O) groups excluding carboxylic acids is 2. The Bertz CT molecular complexity index is 772. The molecule has 1 aliphatic heterocycles. The number of ether oxygens (including phenoxy) is 1. The molecule has 2 amide bonds. The number of aromatic nitrogens is 2. The topological polar surface area (TPSA) is 85.2 Å². The van der Waals surface area contributed by atoms with E-state index in [-0.39, 0.29) is 18.4 Å². The first-order chi connectivity index (χ1) is 11.0. The average molecular weight is 335 g/mol. The van der Waals surface area contributed by atoms with E-state index in [0.717, 1.165) is 5.56 Å². The van der Waals surface area contributed by atoms with Crippen LogP contribution in [0.4, 0.5) is 11.4 Å². The summed E-state index contributed by atoms with van der Waals surface area (Å²) in [6.07, 6.45) is 4.51. The fourth-order valence-electron chi connectivity index (χ4n) is 2.27. The predicted octanol–water partition coefficient (Wildman–Crippen LogP) is 1.98. The maximum atomic E-state index is 12.1. The molecule has 2 aromatic rings. The van der Waals surface area contributed by atoms with Gasteiger partial charge < -0.3 is 15.4 Å². The highest BCUT2D eigenvalue weighted by atomic mass is 35.5. The van der Waals surface area contributed by atoms with Gasteiger partial charge in [0.2, 0.25) is 5.91 Å². The van der Waals surface area contributed by atoms with E-state index in [1.165, 1.54) is 0 Å². The number of fused-ring (bicyclic) bond motifs is 1. The van der Waals surface area contributed by atoms with E-state index in [2.05, 4.69) is 15.7 Å². The number of halogens is 1. The number of rotatable bonds is 4. The van der Waals surface area contributed by atoms with Crippen LogP contribution < -0.4 is 15.4 Å². The summed E-state index contributed by atoms with van der Waals surface area (Å²) in [6, 6.07) is 3.17. The Morgan fingerprint density at radius 2 is 2.35 bits per heavy atom. The highest BCUT2D eigenvalue weighted by Gasteiger charge is 2.19. The van der Waals surface area contributed by atoms with Gasteiger partial charge in [-0.3, -0.25) is 14.3 Å². The van der Waals surface area contributed by atoms with Crippen molar-refractivity contribution in [3.05, 3.63) is 35.1 Å². The number of aryl methyl sites for hydroxylation is 2. The molecule has 8 heteroatoms. The van der Waals surface area contributed by atoms with Crippen LogP contribution in [0.5, 0.6) is 5.75 Å². The van der Waals surface area contributed by atoms with E-state index >= 15 is 0 Å². The number of carbonyl (C=O) groups is 2. The molecule has 0 unspecified atom stereocenters. The summed E-state index contributed by atoms with van der Waals surface area (Å²) in [6.45, 7) is -0.0526. The molecule has 7 nitrogen and oxygen atoms in total. The lowest BCUT2D eigenvalue weighted by atomic mass is 10.2. The van der Waals surface area contributed by atoms with Crippen LogP contribution in [0.1, 0.15) is 12.0 Å². The molecule has 120 valence electrons. The van der Waals surface area contributed by atoms with Crippen molar-refractivity contribution in [1.82, 2.24) is 9.78 Å². The fourth-order valence-corrected chi connectivity index (χ4v) is 2.48. The minimum absolute atomic E-state index is 0.0526. The van der Waals surface area contributed by atoms with Gasteiger partial charge in [0.25, 0.3) is 5.91 Å². The number of hydrogen-bond acceptors (Lipinski definition) is 4. The molecule has 2 N–H and O–H groups in total. The molecule has 0 saturated carbocycles. The van der Waals surface area contributed by atoms with E-state index in [1.807, 2.05) is 13.2 Å². The third-order valence-corrected chi connectivity index (χ3v) is 3.69. The highest BCUT2D eigenvalue weighted by molar-refractivity contribution is 6.34. The maximum Gasteiger partial charge on any atom is 0.262 e. The van der Waals surface area contributed by atoms with E-state index in [0.29, 0.717) is 35.0 Å². The zero-order valence-corrected chi connectivity index (χ0v) is 13.2. The van der Waals surface area contributed by atoms with Crippen molar-refractivity contribution in [2.24, 2.45) is 7.05 Å². The van der Waals surface area contributed by atoms with Crippen molar-refractivity contribution in [3.8, 4) is 5.75 Å². The SMILES string of the molecule is Cn1cc(CCC(=O)Nc2cc3c(cc2Cl)NC(=O)CO3)cn1. The summed E-state index contributed by atoms with van der Waals surface area (Å²) in [5.41, 5.74) is 1.95. The van der Waals surface area contributed by atoms with Crippen molar-refractivity contribution < 1.29 is 14.3 Å². The molecule has 0 radical (unpaired) electrons. The molecule has 2 heterocycles. The summed E-state index contributed by atoms with van der Waals surface area (Å²) in [7, 11) is 1.83. The normalized spacial score (nSPS) is 13.0. The second-order valence-corrected chi connectivity index (χ2v) is 5.64. The summed E-state index contributed by atoms with van der Waals surface area (Å²) < 4.78 is 7.01. The number of hydrogen-bond donors (Lipinski definition) is 2. The Kier molecular flexibility index (Phi) is 4.20. The molecule has 1 aromatic heterocycles. The molecule has 0 fully saturated rings. The second kappa shape index (κ2) is 6.29. The third-order valence-electron chi connectivity index (χ3n) is 3.38. The quantitative estimate of drug-likeness (QED) is 0.895. The molecule has 1 aromatic carbocycles. The Morgan fingerprint density at radius 3 is 3.09 bits per heavy atom. The van der Waals surface area contributed by atoms with E-state index in [9.17, 15) is 9.59 Å². The number of nitrogens with zero attached hydrogens (tertiary/aromatic N) is 2. The van der Waals surface area contributed by atoms with Gasteiger partial charge in [0.05, 0.1) is 22.6 Å². The summed E-state index contributed by atoms with van der Waals surface area (Å²) in [5.74, 6) is 0.0916. The molecule has 0 saturated heterocycles. The second-order valence-electron chi connectivity index (χ2n) is 5.24. The monoisotopic (exact) mass is 334 g/mol. The highest BCUT2D eigenvalue weighted by Crippen LogP contribution is 2.36. The summed E-state index contributed by atoms with van der Waals surface area (Å²) in [4.78, 5) is 23.3. The van der Waals surface area contributed by atoms with Crippen LogP contribution in [0.15, 0.2) is 24.5 Å². The minimum atomic E-state index is -0.234. The minimum Gasteiger partial charge on any atom is -0.482 e. The molecular weight excluding hydrogens is 320 g/mol. The van der Waals surface area contributed by atoms with Crippen LogP contribution in [0.3, 0.4) is 0 Å².